The molecule has 1 aromatic heterocycles. The van der Waals surface area contributed by atoms with Gasteiger partial charge in [0.05, 0.1) is 20.8 Å². The highest BCUT2D eigenvalue weighted by molar-refractivity contribution is 9.10. The van der Waals surface area contributed by atoms with Crippen LogP contribution in [0.2, 0.25) is 0 Å². The summed E-state index contributed by atoms with van der Waals surface area (Å²) >= 11 is 3.47. The van der Waals surface area contributed by atoms with Crippen LogP contribution in [0.5, 0.6) is 11.5 Å². The molecule has 0 aliphatic carbocycles. The van der Waals surface area contributed by atoms with E-state index in [1.807, 2.05) is 19.1 Å². The minimum atomic E-state index is 0.357. The highest BCUT2D eigenvalue weighted by Crippen LogP contribution is 2.38. The molecule has 1 aromatic carbocycles. The van der Waals surface area contributed by atoms with E-state index in [1.165, 1.54) is 0 Å². The highest BCUT2D eigenvalue weighted by atomic mass is 79.9. The van der Waals surface area contributed by atoms with E-state index in [4.69, 9.17) is 15.2 Å². The Hall–Kier alpha value is -1.53. The topological polar surface area (TPSA) is 73.2 Å². The van der Waals surface area contributed by atoms with Gasteiger partial charge in [-0.25, -0.2) is 4.98 Å². The molecule has 2 rings (SSSR count). The second kappa shape index (κ2) is 5.63. The second-order valence-electron chi connectivity index (χ2n) is 4.07. The molecule has 0 aliphatic rings. The van der Waals surface area contributed by atoms with Crippen molar-refractivity contribution in [2.24, 2.45) is 5.73 Å². The van der Waals surface area contributed by atoms with Crippen LogP contribution >= 0.6 is 15.9 Å². The predicted molar refractivity (Wildman–Crippen MR) is 77.5 cm³/mol. The molecule has 6 heteroatoms. The van der Waals surface area contributed by atoms with Crippen LogP contribution in [0, 0.1) is 6.92 Å². The van der Waals surface area contributed by atoms with Gasteiger partial charge in [-0.15, -0.1) is 0 Å². The Morgan fingerprint density at radius 2 is 2.05 bits per heavy atom. The molecule has 0 bridgehead atoms. The Bertz CT molecular complexity index is 596. The third-order valence-corrected chi connectivity index (χ3v) is 3.44. The average Bonchev–Trinajstić information content (AvgIpc) is 2.78. The Labute approximate surface area is 120 Å². The Morgan fingerprint density at radius 1 is 1.32 bits per heavy atom. The van der Waals surface area contributed by atoms with Crippen molar-refractivity contribution in [3.63, 3.8) is 0 Å². The number of imidazole rings is 1. The van der Waals surface area contributed by atoms with Gasteiger partial charge in [-0.05, 0) is 34.5 Å². The summed E-state index contributed by atoms with van der Waals surface area (Å²) in [6, 6.07) is 3.78. The molecular weight excluding hydrogens is 310 g/mol. The number of rotatable bonds is 4. The Morgan fingerprint density at radius 3 is 2.58 bits per heavy atom. The molecular formula is C13H16BrN3O2. The molecule has 2 aromatic rings. The van der Waals surface area contributed by atoms with E-state index in [0.29, 0.717) is 12.3 Å². The van der Waals surface area contributed by atoms with E-state index < -0.39 is 0 Å². The number of nitrogens with zero attached hydrogens (tertiary/aromatic N) is 1. The molecule has 0 aliphatic heterocycles. The van der Waals surface area contributed by atoms with Gasteiger partial charge < -0.3 is 20.2 Å². The van der Waals surface area contributed by atoms with E-state index in [0.717, 1.165) is 33.0 Å². The van der Waals surface area contributed by atoms with E-state index in [1.54, 1.807) is 14.2 Å². The first-order valence-electron chi connectivity index (χ1n) is 5.78. The Balaban J connectivity index is 2.63. The molecule has 0 radical (unpaired) electrons. The van der Waals surface area contributed by atoms with Gasteiger partial charge in [0.1, 0.15) is 27.6 Å². The molecule has 3 N–H and O–H groups in total. The lowest BCUT2D eigenvalue weighted by atomic mass is 10.0. The zero-order valence-corrected chi connectivity index (χ0v) is 12.7. The van der Waals surface area contributed by atoms with Crippen molar-refractivity contribution >= 4 is 15.9 Å². The van der Waals surface area contributed by atoms with E-state index in [9.17, 15) is 0 Å². The van der Waals surface area contributed by atoms with Gasteiger partial charge in [-0.1, -0.05) is 0 Å². The molecule has 0 atom stereocenters. The minimum Gasteiger partial charge on any atom is -0.497 e. The number of halogens is 1. The lowest BCUT2D eigenvalue weighted by Gasteiger charge is -2.12. The first-order chi connectivity index (χ1) is 9.10. The van der Waals surface area contributed by atoms with Crippen LogP contribution in [0.4, 0.5) is 0 Å². The standard InChI is InChI=1S/C13H16BrN3O2/c1-7-4-8(18-2)5-9(19-3)11(7)12-13(14)17-10(6-15)16-12/h4-5H,6,15H2,1-3H3,(H,16,17). The minimum absolute atomic E-state index is 0.357. The summed E-state index contributed by atoms with van der Waals surface area (Å²) in [5.74, 6) is 2.19. The molecule has 0 saturated carbocycles. The first-order valence-corrected chi connectivity index (χ1v) is 6.57. The zero-order valence-electron chi connectivity index (χ0n) is 11.1. The predicted octanol–water partition coefficient (Wildman–Crippen LogP) is 2.62. The largest absolute Gasteiger partial charge is 0.497 e. The molecule has 5 nitrogen and oxygen atoms in total. The number of hydrogen-bond donors (Lipinski definition) is 2. The summed E-state index contributed by atoms with van der Waals surface area (Å²) in [5.41, 5.74) is 8.33. The fourth-order valence-corrected chi connectivity index (χ4v) is 2.48. The monoisotopic (exact) mass is 325 g/mol. The van der Waals surface area contributed by atoms with Crippen LogP contribution < -0.4 is 15.2 Å². The molecule has 1 heterocycles. The Kier molecular flexibility index (Phi) is 4.11. The lowest BCUT2D eigenvalue weighted by Crippen LogP contribution is -1.98. The van der Waals surface area contributed by atoms with Crippen molar-refractivity contribution in [1.29, 1.82) is 0 Å². The summed E-state index contributed by atoms with van der Waals surface area (Å²) in [5, 5.41) is 0. The maximum absolute atomic E-state index is 5.60. The van der Waals surface area contributed by atoms with Gasteiger partial charge in [0.15, 0.2) is 0 Å². The molecule has 0 spiro atoms. The number of benzene rings is 1. The second-order valence-corrected chi connectivity index (χ2v) is 4.86. The summed E-state index contributed by atoms with van der Waals surface area (Å²) < 4.78 is 11.5. The maximum atomic E-state index is 5.60. The van der Waals surface area contributed by atoms with Crippen molar-refractivity contribution in [2.75, 3.05) is 14.2 Å². The lowest BCUT2D eigenvalue weighted by molar-refractivity contribution is 0.395. The molecule has 0 fully saturated rings. The fraction of sp³-hybridized carbons (Fsp3) is 0.308. The number of ether oxygens (including phenoxy) is 2. The molecule has 19 heavy (non-hydrogen) atoms. The summed E-state index contributed by atoms with van der Waals surface area (Å²) in [7, 11) is 3.26. The molecule has 0 amide bonds. The highest BCUT2D eigenvalue weighted by Gasteiger charge is 2.17. The average molecular weight is 326 g/mol. The fourth-order valence-electron chi connectivity index (χ4n) is 1.97. The van der Waals surface area contributed by atoms with Crippen LogP contribution in [-0.4, -0.2) is 24.2 Å². The number of aryl methyl sites for hydroxylation is 1. The van der Waals surface area contributed by atoms with E-state index in [2.05, 4.69) is 25.9 Å². The molecule has 102 valence electrons. The summed E-state index contributed by atoms with van der Waals surface area (Å²) in [6.45, 7) is 2.35. The van der Waals surface area contributed by atoms with Crippen molar-refractivity contribution in [3.05, 3.63) is 28.1 Å². The van der Waals surface area contributed by atoms with Crippen molar-refractivity contribution in [1.82, 2.24) is 9.97 Å². The number of hydrogen-bond acceptors (Lipinski definition) is 4. The number of nitrogens with one attached hydrogen (secondary N) is 1. The third-order valence-electron chi connectivity index (χ3n) is 2.87. The third kappa shape index (κ3) is 2.59. The van der Waals surface area contributed by atoms with E-state index >= 15 is 0 Å². The quantitative estimate of drug-likeness (QED) is 0.906. The number of aromatic amines is 1. The molecule has 0 unspecified atom stereocenters. The van der Waals surface area contributed by atoms with Crippen LogP contribution in [-0.2, 0) is 6.54 Å². The number of methoxy groups -OCH3 is 2. The van der Waals surface area contributed by atoms with Gasteiger partial charge >= 0.3 is 0 Å². The van der Waals surface area contributed by atoms with Crippen LogP contribution in [0.25, 0.3) is 11.3 Å². The first kappa shape index (κ1) is 13.9. The van der Waals surface area contributed by atoms with Gasteiger partial charge in [-0.3, -0.25) is 0 Å². The van der Waals surface area contributed by atoms with Crippen LogP contribution in [0.15, 0.2) is 16.7 Å². The van der Waals surface area contributed by atoms with Gasteiger partial charge in [0.25, 0.3) is 0 Å². The van der Waals surface area contributed by atoms with Crippen LogP contribution in [0.3, 0.4) is 0 Å². The SMILES string of the molecule is COc1cc(C)c(-c2nc(CN)[nH]c2Br)c(OC)c1. The number of aromatic nitrogens is 2. The van der Waals surface area contributed by atoms with Gasteiger partial charge in [0.2, 0.25) is 0 Å². The summed E-state index contributed by atoms with van der Waals surface area (Å²) in [6.07, 6.45) is 0. The van der Waals surface area contributed by atoms with Gasteiger partial charge in [-0.2, -0.15) is 0 Å². The van der Waals surface area contributed by atoms with Crippen molar-refractivity contribution < 1.29 is 9.47 Å². The van der Waals surface area contributed by atoms with Crippen molar-refractivity contribution in [3.8, 4) is 22.8 Å². The smallest absolute Gasteiger partial charge is 0.132 e. The van der Waals surface area contributed by atoms with Crippen molar-refractivity contribution in [2.45, 2.75) is 13.5 Å². The summed E-state index contributed by atoms with van der Waals surface area (Å²) in [4.78, 5) is 7.57. The van der Waals surface area contributed by atoms with E-state index in [-0.39, 0.29) is 0 Å². The number of nitrogens with two attached hydrogens (primary N) is 1. The maximum Gasteiger partial charge on any atom is 0.132 e. The normalized spacial score (nSPS) is 10.6. The number of H-pyrrole nitrogens is 1. The van der Waals surface area contributed by atoms with Crippen LogP contribution in [0.1, 0.15) is 11.4 Å². The van der Waals surface area contributed by atoms with Gasteiger partial charge in [0, 0.05) is 11.6 Å². The molecule has 0 saturated heterocycles. The zero-order chi connectivity index (χ0) is 14.0.